The van der Waals surface area contributed by atoms with Crippen LogP contribution in [0.1, 0.15) is 0 Å². The minimum absolute atomic E-state index is 0.519. The Morgan fingerprint density at radius 2 is 0.825 bits per heavy atom. The molecule has 0 saturated heterocycles. The zero-order chi connectivity index (χ0) is 26.2. The molecule has 9 rings (SSSR count). The summed E-state index contributed by atoms with van der Waals surface area (Å²) in [6.07, 6.45) is 7.01. The molecule has 2 N–H and O–H groups in total. The molecule has 2 aromatic carbocycles. The number of hydrogen-bond donors (Lipinski definition) is 2. The highest BCUT2D eigenvalue weighted by Crippen LogP contribution is 2.36. The SMILES string of the molecule is c1ccc2c(c1)-c1nc-2nc2[nH]c(nc3nc(nc4[nH]c(n1)c1ccccc41)-c1cnccc1-3)c1cnccc21. The van der Waals surface area contributed by atoms with Crippen molar-refractivity contribution in [1.82, 2.24) is 49.8 Å². The normalized spacial score (nSPS) is 12.0. The Bertz CT molecular complexity index is 2030. The highest BCUT2D eigenvalue weighted by atomic mass is 15.1. The van der Waals surface area contributed by atoms with Crippen LogP contribution in [0, 0.1) is 0 Å². The fourth-order valence-electron chi connectivity index (χ4n) is 5.38. The van der Waals surface area contributed by atoms with E-state index in [2.05, 4.69) is 19.9 Å². The molecule has 2 aliphatic heterocycles. The van der Waals surface area contributed by atoms with Gasteiger partial charge in [-0.25, -0.2) is 29.9 Å². The molecule has 0 aliphatic carbocycles. The quantitative estimate of drug-likeness (QED) is 0.264. The fourth-order valence-corrected chi connectivity index (χ4v) is 5.38. The number of aromatic amines is 2. The number of H-pyrrole nitrogens is 2. The maximum Gasteiger partial charge on any atom is 0.166 e. The molecule has 5 aromatic heterocycles. The second kappa shape index (κ2) is 7.81. The summed E-state index contributed by atoms with van der Waals surface area (Å²) in [6, 6.07) is 19.8. The topological polar surface area (TPSA) is 135 Å². The van der Waals surface area contributed by atoms with Crippen LogP contribution in [-0.4, -0.2) is 49.8 Å². The molecule has 8 bridgehead atoms. The Balaban J connectivity index is 1.51. The minimum atomic E-state index is 0.519. The van der Waals surface area contributed by atoms with Gasteiger partial charge in [0.2, 0.25) is 0 Å². The van der Waals surface area contributed by atoms with Crippen LogP contribution in [0.25, 0.3) is 89.7 Å². The Hall–Kier alpha value is -5.90. The summed E-state index contributed by atoms with van der Waals surface area (Å²) in [6.45, 7) is 0. The van der Waals surface area contributed by atoms with E-state index in [1.807, 2.05) is 60.7 Å². The molecule has 7 heterocycles. The zero-order valence-electron chi connectivity index (χ0n) is 20.7. The van der Waals surface area contributed by atoms with Gasteiger partial charge in [-0.3, -0.25) is 9.97 Å². The van der Waals surface area contributed by atoms with E-state index in [0.29, 0.717) is 45.9 Å². The Kier molecular flexibility index (Phi) is 4.11. The largest absolute Gasteiger partial charge is 0.324 e. The summed E-state index contributed by atoms with van der Waals surface area (Å²) in [7, 11) is 0. The predicted octanol–water partition coefficient (Wildman–Crippen LogP) is 5.66. The van der Waals surface area contributed by atoms with Crippen molar-refractivity contribution in [2.45, 2.75) is 0 Å². The van der Waals surface area contributed by atoms with Crippen molar-refractivity contribution in [1.29, 1.82) is 0 Å². The first-order valence-electron chi connectivity index (χ1n) is 12.7. The first-order valence-corrected chi connectivity index (χ1v) is 12.7. The van der Waals surface area contributed by atoms with Crippen LogP contribution in [-0.2, 0) is 0 Å². The first kappa shape index (κ1) is 21.1. The number of benzene rings is 2. The van der Waals surface area contributed by atoms with Crippen LogP contribution >= 0.6 is 0 Å². The first-order chi connectivity index (χ1) is 19.8. The van der Waals surface area contributed by atoms with Gasteiger partial charge < -0.3 is 9.97 Å². The summed E-state index contributed by atoms with van der Waals surface area (Å²) in [5.74, 6) is 2.19. The molecular formula is C30H16N10. The molecule has 7 aromatic rings. The summed E-state index contributed by atoms with van der Waals surface area (Å²) in [4.78, 5) is 45.1. The Labute approximate surface area is 225 Å². The number of aromatic nitrogens is 10. The molecule has 2 aliphatic rings. The highest BCUT2D eigenvalue weighted by Gasteiger charge is 2.22. The van der Waals surface area contributed by atoms with E-state index in [1.165, 1.54) is 0 Å². The lowest BCUT2D eigenvalue weighted by molar-refractivity contribution is 1.19. The summed E-state index contributed by atoms with van der Waals surface area (Å²) < 4.78 is 0. The van der Waals surface area contributed by atoms with E-state index in [1.54, 1.807) is 24.8 Å². The maximum atomic E-state index is 4.99. The van der Waals surface area contributed by atoms with Crippen LogP contribution in [0.2, 0.25) is 0 Å². The molecule has 10 nitrogen and oxygen atoms in total. The Morgan fingerprint density at radius 3 is 1.45 bits per heavy atom. The van der Waals surface area contributed by atoms with Crippen LogP contribution in [0.4, 0.5) is 0 Å². The predicted molar refractivity (Wildman–Crippen MR) is 152 cm³/mol. The number of pyridine rings is 2. The maximum absolute atomic E-state index is 4.99. The monoisotopic (exact) mass is 516 g/mol. The summed E-state index contributed by atoms with van der Waals surface area (Å²) >= 11 is 0. The lowest BCUT2D eigenvalue weighted by Crippen LogP contribution is -1.83. The zero-order valence-corrected chi connectivity index (χ0v) is 20.7. The van der Waals surface area contributed by atoms with Crippen molar-refractivity contribution < 1.29 is 0 Å². The summed E-state index contributed by atoms with van der Waals surface area (Å²) in [5.41, 5.74) is 6.00. The van der Waals surface area contributed by atoms with Gasteiger partial charge >= 0.3 is 0 Å². The van der Waals surface area contributed by atoms with Gasteiger partial charge in [0.15, 0.2) is 23.3 Å². The van der Waals surface area contributed by atoms with E-state index in [-0.39, 0.29) is 0 Å². The molecular weight excluding hydrogens is 500 g/mol. The van der Waals surface area contributed by atoms with E-state index >= 15 is 0 Å². The lowest BCUT2D eigenvalue weighted by atomic mass is 10.1. The third-order valence-electron chi connectivity index (χ3n) is 7.25. The molecule has 0 saturated carbocycles. The summed E-state index contributed by atoms with van der Waals surface area (Å²) in [5, 5.41) is 3.57. The molecule has 0 spiro atoms. The molecule has 186 valence electrons. The molecule has 10 heteroatoms. The molecule has 0 radical (unpaired) electrons. The average Bonchev–Trinajstić information content (AvgIpc) is 3.73. The van der Waals surface area contributed by atoms with Gasteiger partial charge in [-0.15, -0.1) is 0 Å². The van der Waals surface area contributed by atoms with Crippen LogP contribution < -0.4 is 0 Å². The molecule has 40 heavy (non-hydrogen) atoms. The van der Waals surface area contributed by atoms with Gasteiger partial charge in [0, 0.05) is 68.6 Å². The van der Waals surface area contributed by atoms with Crippen molar-refractivity contribution in [2.75, 3.05) is 0 Å². The van der Waals surface area contributed by atoms with Crippen molar-refractivity contribution in [3.8, 4) is 45.6 Å². The van der Waals surface area contributed by atoms with Crippen LogP contribution in [0.5, 0.6) is 0 Å². The Morgan fingerprint density at radius 1 is 0.375 bits per heavy atom. The second-order valence-electron chi connectivity index (χ2n) is 9.54. The van der Waals surface area contributed by atoms with Crippen LogP contribution in [0.3, 0.4) is 0 Å². The standard InChI is InChI=1S/C30H16N10/c1-2-6-16-15(5-1)23-33-24-17-7-3-4-8-18(17)26(35-24)37-29-22-14-32-12-10-20(22)28(39-29)40-30-21-13-31-11-9-19(21)27(38-30)36-25(16)34-23/h1-14H,(H2,33,34,35,36,37,38,39,40). The number of rotatable bonds is 0. The van der Waals surface area contributed by atoms with Gasteiger partial charge in [-0.1, -0.05) is 48.5 Å². The van der Waals surface area contributed by atoms with E-state index < -0.39 is 0 Å². The van der Waals surface area contributed by atoms with Crippen molar-refractivity contribution in [2.24, 2.45) is 0 Å². The second-order valence-corrected chi connectivity index (χ2v) is 9.54. The van der Waals surface area contributed by atoms with Gasteiger partial charge in [-0.2, -0.15) is 0 Å². The van der Waals surface area contributed by atoms with Crippen LogP contribution in [0.15, 0.2) is 85.5 Å². The number of fused-ring (bicyclic) bond motifs is 20. The van der Waals surface area contributed by atoms with E-state index in [4.69, 9.17) is 29.9 Å². The lowest BCUT2D eigenvalue weighted by Gasteiger charge is -1.96. The van der Waals surface area contributed by atoms with E-state index in [9.17, 15) is 0 Å². The molecule has 0 unspecified atom stereocenters. The van der Waals surface area contributed by atoms with Gasteiger partial charge in [-0.05, 0) is 12.1 Å². The number of hydrogen-bond acceptors (Lipinski definition) is 8. The molecule has 0 amide bonds. The van der Waals surface area contributed by atoms with Gasteiger partial charge in [0.1, 0.15) is 22.6 Å². The smallest absolute Gasteiger partial charge is 0.166 e. The number of nitrogens with zero attached hydrogens (tertiary/aromatic N) is 8. The molecule has 0 atom stereocenters. The highest BCUT2D eigenvalue weighted by molar-refractivity contribution is 6.06. The minimum Gasteiger partial charge on any atom is -0.324 e. The number of nitrogens with one attached hydrogen (secondary N) is 2. The molecule has 0 fully saturated rings. The van der Waals surface area contributed by atoms with Crippen molar-refractivity contribution >= 4 is 44.1 Å². The third kappa shape index (κ3) is 2.98. The van der Waals surface area contributed by atoms with E-state index in [0.717, 1.165) is 43.8 Å². The van der Waals surface area contributed by atoms with Gasteiger partial charge in [0.05, 0.1) is 0 Å². The van der Waals surface area contributed by atoms with Crippen molar-refractivity contribution in [3.05, 3.63) is 85.5 Å². The van der Waals surface area contributed by atoms with Gasteiger partial charge in [0.25, 0.3) is 0 Å². The fraction of sp³-hybridized carbons (Fsp3) is 0. The average molecular weight is 517 g/mol. The van der Waals surface area contributed by atoms with Crippen molar-refractivity contribution in [3.63, 3.8) is 0 Å². The third-order valence-corrected chi connectivity index (χ3v) is 7.25.